The highest BCUT2D eigenvalue weighted by Gasteiger charge is 2.50. The molecule has 6 heterocycles. The molecule has 0 amide bonds. The molecule has 13 rings (SSSR count). The highest BCUT2D eigenvalue weighted by atomic mass is 16.5. The van der Waals surface area contributed by atoms with Gasteiger partial charge in [-0.1, -0.05) is 78.9 Å². The maximum atomic E-state index is 6.99. The molecule has 2 atom stereocenters. The third kappa shape index (κ3) is 2.65. The first-order valence-electron chi connectivity index (χ1n) is 16.9. The van der Waals surface area contributed by atoms with Crippen molar-refractivity contribution in [1.82, 2.24) is 9.13 Å². The van der Waals surface area contributed by atoms with E-state index >= 15 is 0 Å². The minimum absolute atomic E-state index is 0.0696. The van der Waals surface area contributed by atoms with E-state index < -0.39 is 0 Å². The number of allylic oxidation sites excluding steroid dienone is 1. The maximum Gasteiger partial charge on any atom is 0.255 e. The van der Waals surface area contributed by atoms with Crippen molar-refractivity contribution in [2.24, 2.45) is 0 Å². The molecule has 1 aliphatic carbocycles. The van der Waals surface area contributed by atoms with Gasteiger partial charge in [0.25, 0.3) is 6.71 Å². The summed E-state index contributed by atoms with van der Waals surface area (Å²) in [5.41, 5.74) is 14.1. The summed E-state index contributed by atoms with van der Waals surface area (Å²) in [6, 6.07) is 44.5. The topological polar surface area (TPSA) is 28.3 Å². The monoisotopic (exact) mass is 610 g/mol. The zero-order valence-electron chi connectivity index (χ0n) is 25.7. The highest BCUT2D eigenvalue weighted by molar-refractivity contribution is 6.96. The lowest BCUT2D eigenvalue weighted by molar-refractivity contribution is 0.240. The number of hydrogen-bond acceptors (Lipinski definition) is 2. The summed E-state index contributed by atoms with van der Waals surface area (Å²) < 4.78 is 18.8. The summed E-state index contributed by atoms with van der Waals surface area (Å²) in [6.45, 7) is 0.225. The van der Waals surface area contributed by atoms with Crippen molar-refractivity contribution in [3.05, 3.63) is 145 Å². The van der Waals surface area contributed by atoms with Crippen molar-refractivity contribution in [1.29, 1.82) is 0 Å². The van der Waals surface area contributed by atoms with Crippen LogP contribution in [0.15, 0.2) is 145 Å². The molecule has 2 aromatic heterocycles. The number of rotatable bonds is 0. The van der Waals surface area contributed by atoms with E-state index in [9.17, 15) is 0 Å². The highest BCUT2D eigenvalue weighted by Crippen LogP contribution is 2.46. The number of fused-ring (bicyclic) bond motifs is 16. The Labute approximate surface area is 276 Å². The standard InChI is InChI=1S/C42H24B2N2O2/c1-5-13-31-23(9-1)25-17-19-35-39-41(25)45(31)33-15-7-3-11-27(33)43(39)29-21-30-38(22-37(29)47-35)48-36-20-18-26-24-10-2-6-14-32(24)46-34-16-8-4-12-28(34)44(30)40(36)42(26)46/h1-22,29,37H. The summed E-state index contributed by atoms with van der Waals surface area (Å²) in [5, 5.41) is 5.13. The van der Waals surface area contributed by atoms with Gasteiger partial charge in [-0.3, -0.25) is 0 Å². The molecule has 48 heavy (non-hydrogen) atoms. The van der Waals surface area contributed by atoms with Crippen LogP contribution >= 0.6 is 0 Å². The molecule has 4 nitrogen and oxygen atoms in total. The summed E-state index contributed by atoms with van der Waals surface area (Å²) in [4.78, 5) is 0. The normalized spacial score (nSPS) is 18.9. The predicted molar refractivity (Wildman–Crippen MR) is 197 cm³/mol. The van der Waals surface area contributed by atoms with Gasteiger partial charge >= 0.3 is 0 Å². The van der Waals surface area contributed by atoms with Crippen molar-refractivity contribution in [3.63, 3.8) is 0 Å². The Hall–Kier alpha value is -5.87. The lowest BCUT2D eigenvalue weighted by atomic mass is 9.27. The Kier molecular flexibility index (Phi) is 4.13. The first kappa shape index (κ1) is 24.3. The molecule has 0 radical (unpaired) electrons. The number of nitrogens with zero attached hydrogens (tertiary/aromatic N) is 2. The maximum absolute atomic E-state index is 6.99. The lowest BCUT2D eigenvalue weighted by Crippen LogP contribution is -2.59. The van der Waals surface area contributed by atoms with Gasteiger partial charge in [-0.15, -0.1) is 0 Å². The quantitative estimate of drug-likeness (QED) is 0.188. The SMILES string of the molecule is C1=C2Oc3ccc4c5ccccc5n5c4c3B(C2=CC2B3c4ccccc4-n4c6ccccc6c6ccc(c3c64)OC12)c1ccccc1-5. The first-order valence-corrected chi connectivity index (χ1v) is 16.9. The van der Waals surface area contributed by atoms with Crippen LogP contribution in [0.3, 0.4) is 0 Å². The zero-order valence-corrected chi connectivity index (χ0v) is 25.7. The fraction of sp³-hybridized carbons (Fsp3) is 0.0476. The number of hydrogen-bond donors (Lipinski definition) is 0. The molecule has 2 unspecified atom stereocenters. The van der Waals surface area contributed by atoms with Crippen LogP contribution in [-0.4, -0.2) is 28.7 Å². The van der Waals surface area contributed by atoms with Crippen LogP contribution in [0.2, 0.25) is 5.82 Å². The molecule has 0 spiro atoms. The molecule has 0 N–H and O–H groups in total. The Morgan fingerprint density at radius 2 is 1.12 bits per heavy atom. The average molecular weight is 610 g/mol. The van der Waals surface area contributed by atoms with E-state index in [1.165, 1.54) is 82.3 Å². The molecule has 220 valence electrons. The van der Waals surface area contributed by atoms with Gasteiger partial charge in [0, 0.05) is 38.7 Å². The van der Waals surface area contributed by atoms with E-state index in [0.29, 0.717) is 0 Å². The second-order valence-corrected chi connectivity index (χ2v) is 13.9. The van der Waals surface area contributed by atoms with Crippen LogP contribution in [0, 0.1) is 0 Å². The van der Waals surface area contributed by atoms with E-state index in [0.717, 1.165) is 17.3 Å². The second-order valence-electron chi connectivity index (χ2n) is 13.9. The van der Waals surface area contributed by atoms with Crippen LogP contribution in [0.4, 0.5) is 0 Å². The second kappa shape index (κ2) is 8.15. The van der Waals surface area contributed by atoms with Gasteiger partial charge < -0.3 is 18.6 Å². The van der Waals surface area contributed by atoms with Gasteiger partial charge in [0.05, 0.1) is 22.1 Å². The van der Waals surface area contributed by atoms with Gasteiger partial charge in [-0.25, -0.2) is 0 Å². The predicted octanol–water partition coefficient (Wildman–Crippen LogP) is 6.31. The summed E-state index contributed by atoms with van der Waals surface area (Å²) in [5.74, 6) is 2.96. The smallest absolute Gasteiger partial charge is 0.255 e. The van der Waals surface area contributed by atoms with E-state index in [4.69, 9.17) is 9.47 Å². The summed E-state index contributed by atoms with van der Waals surface area (Å²) in [6.07, 6.45) is 4.67. The average Bonchev–Trinajstić information content (AvgIpc) is 3.66. The van der Waals surface area contributed by atoms with Crippen molar-refractivity contribution in [3.8, 4) is 22.9 Å². The van der Waals surface area contributed by atoms with E-state index in [1.54, 1.807) is 0 Å². The third-order valence-electron chi connectivity index (χ3n) is 11.8. The summed E-state index contributed by atoms with van der Waals surface area (Å²) in [7, 11) is 0. The molecule has 4 aliphatic heterocycles. The number of para-hydroxylation sites is 4. The molecule has 5 aliphatic rings. The van der Waals surface area contributed by atoms with Crippen LogP contribution < -0.4 is 31.3 Å². The Morgan fingerprint density at radius 1 is 0.521 bits per heavy atom. The number of aromatic nitrogens is 2. The molecule has 0 fully saturated rings. The Morgan fingerprint density at radius 3 is 1.88 bits per heavy atom. The first-order chi connectivity index (χ1) is 23.8. The molecule has 0 saturated heterocycles. The molecule has 6 heteroatoms. The van der Waals surface area contributed by atoms with Gasteiger partial charge in [0.1, 0.15) is 23.4 Å². The minimum Gasteiger partial charge on any atom is -0.487 e. The molecular weight excluding hydrogens is 586 g/mol. The van der Waals surface area contributed by atoms with E-state index in [2.05, 4.69) is 143 Å². The fourth-order valence-corrected chi connectivity index (χ4v) is 10.1. The number of ether oxygens (including phenoxy) is 2. The van der Waals surface area contributed by atoms with Crippen molar-refractivity contribution >= 4 is 78.9 Å². The van der Waals surface area contributed by atoms with E-state index in [-0.39, 0.29) is 25.3 Å². The fourth-order valence-electron chi connectivity index (χ4n) is 10.1. The Balaban J connectivity index is 1.11. The molecule has 0 saturated carbocycles. The van der Waals surface area contributed by atoms with Gasteiger partial charge in [0.15, 0.2) is 0 Å². The van der Waals surface area contributed by atoms with Crippen molar-refractivity contribution in [2.75, 3.05) is 0 Å². The van der Waals surface area contributed by atoms with Crippen molar-refractivity contribution in [2.45, 2.75) is 11.9 Å². The van der Waals surface area contributed by atoms with Crippen LogP contribution in [0.25, 0.3) is 55.0 Å². The van der Waals surface area contributed by atoms with E-state index in [1.807, 2.05) is 0 Å². The van der Waals surface area contributed by atoms with Gasteiger partial charge in [-0.2, -0.15) is 0 Å². The van der Waals surface area contributed by atoms with Gasteiger partial charge in [0.2, 0.25) is 6.71 Å². The van der Waals surface area contributed by atoms with Crippen LogP contribution in [0.5, 0.6) is 11.5 Å². The summed E-state index contributed by atoms with van der Waals surface area (Å²) >= 11 is 0. The number of benzene rings is 6. The minimum atomic E-state index is -0.141. The largest absolute Gasteiger partial charge is 0.487 e. The zero-order chi connectivity index (χ0) is 30.8. The Bertz CT molecular complexity index is 2890. The molecular formula is C42H24B2N2O2. The van der Waals surface area contributed by atoms with Crippen molar-refractivity contribution < 1.29 is 9.47 Å². The lowest BCUT2D eigenvalue weighted by Gasteiger charge is -2.43. The molecule has 0 bridgehead atoms. The van der Waals surface area contributed by atoms with Crippen LogP contribution in [-0.2, 0) is 0 Å². The van der Waals surface area contributed by atoms with Crippen LogP contribution in [0.1, 0.15) is 0 Å². The van der Waals surface area contributed by atoms with Gasteiger partial charge in [-0.05, 0) is 81.9 Å². The molecule has 6 aromatic carbocycles. The third-order valence-corrected chi connectivity index (χ3v) is 11.8. The molecule has 8 aromatic rings.